The molecule has 1 atom stereocenters. The van der Waals surface area contributed by atoms with Crippen molar-refractivity contribution in [1.82, 2.24) is 9.88 Å². The molecule has 1 amide bonds. The average Bonchev–Trinajstić information content (AvgIpc) is 2.60. The van der Waals surface area contributed by atoms with Crippen molar-refractivity contribution in [2.75, 3.05) is 25.4 Å². The number of anilines is 1. The Hall–Kier alpha value is -1.83. The molecule has 1 aromatic rings. The molecule has 1 aliphatic carbocycles. The standard InChI is InChI=1S/C17H27N3O4S/c1-13(17(21)20(2)3)25(22,23)19-16-15(10-7-11-18-16)24-12-14-8-5-4-6-9-14/h7,10-11,13-14H,4-6,8-9,12H2,1-3H3,(H,18,19). The van der Waals surface area contributed by atoms with E-state index in [-0.39, 0.29) is 5.82 Å². The van der Waals surface area contributed by atoms with Crippen LogP contribution in [0.5, 0.6) is 5.75 Å². The Morgan fingerprint density at radius 3 is 2.68 bits per heavy atom. The summed E-state index contributed by atoms with van der Waals surface area (Å²) in [5, 5.41) is -1.21. The average molecular weight is 369 g/mol. The van der Waals surface area contributed by atoms with Gasteiger partial charge in [0.1, 0.15) is 0 Å². The van der Waals surface area contributed by atoms with Crippen molar-refractivity contribution in [3.63, 3.8) is 0 Å². The van der Waals surface area contributed by atoms with Crippen LogP contribution in [0.4, 0.5) is 5.82 Å². The highest BCUT2D eigenvalue weighted by Gasteiger charge is 2.30. The number of nitrogens with zero attached hydrogens (tertiary/aromatic N) is 2. The second-order valence-corrected chi connectivity index (χ2v) is 8.69. The van der Waals surface area contributed by atoms with E-state index >= 15 is 0 Å². The Morgan fingerprint density at radius 1 is 1.36 bits per heavy atom. The van der Waals surface area contributed by atoms with Gasteiger partial charge in [0, 0.05) is 20.3 Å². The van der Waals surface area contributed by atoms with Gasteiger partial charge in [0.2, 0.25) is 15.9 Å². The minimum Gasteiger partial charge on any atom is -0.489 e. The molecular formula is C17H27N3O4S. The molecule has 0 radical (unpaired) electrons. The van der Waals surface area contributed by atoms with E-state index in [1.165, 1.54) is 51.4 Å². The lowest BCUT2D eigenvalue weighted by Crippen LogP contribution is -2.40. The highest BCUT2D eigenvalue weighted by atomic mass is 32.2. The lowest BCUT2D eigenvalue weighted by atomic mass is 9.90. The monoisotopic (exact) mass is 369 g/mol. The third kappa shape index (κ3) is 5.32. The summed E-state index contributed by atoms with van der Waals surface area (Å²) in [6, 6.07) is 3.38. The first-order valence-corrected chi connectivity index (χ1v) is 10.2. The van der Waals surface area contributed by atoms with Gasteiger partial charge in [0.25, 0.3) is 0 Å². The summed E-state index contributed by atoms with van der Waals surface area (Å²) >= 11 is 0. The number of hydrogen-bond acceptors (Lipinski definition) is 5. The summed E-state index contributed by atoms with van der Waals surface area (Å²) < 4.78 is 33.1. The van der Waals surface area contributed by atoms with Crippen LogP contribution >= 0.6 is 0 Å². The second kappa shape index (κ2) is 8.51. The molecule has 1 saturated carbocycles. The molecule has 1 fully saturated rings. The number of rotatable bonds is 7. The predicted octanol–water partition coefficient (Wildman–Crippen LogP) is 2.26. The highest BCUT2D eigenvalue weighted by molar-refractivity contribution is 7.94. The molecule has 1 heterocycles. The van der Waals surface area contributed by atoms with Gasteiger partial charge < -0.3 is 9.64 Å². The molecular weight excluding hydrogens is 342 g/mol. The van der Waals surface area contributed by atoms with Crippen LogP contribution in [0.2, 0.25) is 0 Å². The molecule has 0 bridgehead atoms. The van der Waals surface area contributed by atoms with Crippen LogP contribution in [0.25, 0.3) is 0 Å². The Bertz CT molecular complexity index is 685. The van der Waals surface area contributed by atoms with Gasteiger partial charge in [-0.25, -0.2) is 13.4 Å². The molecule has 0 saturated heterocycles. The Morgan fingerprint density at radius 2 is 2.04 bits per heavy atom. The van der Waals surface area contributed by atoms with Crippen molar-refractivity contribution < 1.29 is 17.9 Å². The Balaban J connectivity index is 2.07. The summed E-state index contributed by atoms with van der Waals surface area (Å²) in [5.74, 6) is 0.513. The zero-order chi connectivity index (χ0) is 18.4. The van der Waals surface area contributed by atoms with Crippen molar-refractivity contribution in [2.24, 2.45) is 5.92 Å². The van der Waals surface area contributed by atoms with Crippen LogP contribution < -0.4 is 9.46 Å². The maximum atomic E-state index is 12.4. The normalized spacial score (nSPS) is 16.9. The van der Waals surface area contributed by atoms with Gasteiger partial charge in [-0.15, -0.1) is 0 Å². The number of pyridine rings is 1. The summed E-state index contributed by atoms with van der Waals surface area (Å²) in [6.07, 6.45) is 7.46. The number of hydrogen-bond donors (Lipinski definition) is 1. The lowest BCUT2D eigenvalue weighted by Gasteiger charge is -2.22. The maximum absolute atomic E-state index is 12.4. The molecule has 1 aromatic heterocycles. The molecule has 8 heteroatoms. The fraction of sp³-hybridized carbons (Fsp3) is 0.647. The molecule has 0 aliphatic heterocycles. The molecule has 140 valence electrons. The van der Waals surface area contributed by atoms with E-state index < -0.39 is 21.2 Å². The Kier molecular flexibility index (Phi) is 6.64. The van der Waals surface area contributed by atoms with Gasteiger partial charge in [-0.1, -0.05) is 19.3 Å². The first-order valence-electron chi connectivity index (χ1n) is 8.62. The van der Waals surface area contributed by atoms with E-state index in [1.807, 2.05) is 0 Å². The van der Waals surface area contributed by atoms with Gasteiger partial charge in [-0.3, -0.25) is 9.52 Å². The zero-order valence-corrected chi connectivity index (χ0v) is 15.9. The minimum atomic E-state index is -3.91. The summed E-state index contributed by atoms with van der Waals surface area (Å²) in [4.78, 5) is 17.3. The fourth-order valence-electron chi connectivity index (χ4n) is 2.86. The summed E-state index contributed by atoms with van der Waals surface area (Å²) in [7, 11) is -0.864. The minimum absolute atomic E-state index is 0.122. The van der Waals surface area contributed by atoms with Crippen LogP contribution in [0, 0.1) is 5.92 Å². The largest absolute Gasteiger partial charge is 0.489 e. The van der Waals surface area contributed by atoms with E-state index in [1.54, 1.807) is 12.1 Å². The van der Waals surface area contributed by atoms with Crippen molar-refractivity contribution in [1.29, 1.82) is 0 Å². The molecule has 0 spiro atoms. The number of ether oxygens (including phenoxy) is 1. The first-order chi connectivity index (χ1) is 11.8. The summed E-state index contributed by atoms with van der Waals surface area (Å²) in [6.45, 7) is 1.91. The maximum Gasteiger partial charge on any atom is 0.245 e. The third-order valence-corrected chi connectivity index (χ3v) is 6.07. The van der Waals surface area contributed by atoms with Crippen molar-refractivity contribution in [2.45, 2.75) is 44.3 Å². The van der Waals surface area contributed by atoms with Gasteiger partial charge in [0.15, 0.2) is 16.8 Å². The molecule has 25 heavy (non-hydrogen) atoms. The molecule has 7 nitrogen and oxygen atoms in total. The molecule has 2 rings (SSSR count). The van der Waals surface area contributed by atoms with Gasteiger partial charge in [-0.05, 0) is 37.8 Å². The van der Waals surface area contributed by atoms with Crippen molar-refractivity contribution >= 4 is 21.7 Å². The topological polar surface area (TPSA) is 88.6 Å². The third-order valence-electron chi connectivity index (χ3n) is 4.46. The van der Waals surface area contributed by atoms with Crippen LogP contribution in [0.15, 0.2) is 18.3 Å². The van der Waals surface area contributed by atoms with E-state index in [0.717, 1.165) is 12.8 Å². The van der Waals surface area contributed by atoms with Gasteiger partial charge >= 0.3 is 0 Å². The van der Waals surface area contributed by atoms with E-state index in [9.17, 15) is 13.2 Å². The van der Waals surface area contributed by atoms with Gasteiger partial charge in [-0.2, -0.15) is 0 Å². The number of aromatic nitrogens is 1. The fourth-order valence-corrected chi connectivity index (χ4v) is 3.94. The highest BCUT2D eigenvalue weighted by Crippen LogP contribution is 2.27. The SMILES string of the molecule is CC(C(=O)N(C)C)S(=O)(=O)Nc1ncccc1OCC1CCCCC1. The number of carbonyl (C=O) groups is 1. The van der Waals surface area contributed by atoms with Gasteiger partial charge in [0.05, 0.1) is 6.61 Å². The molecule has 1 N–H and O–H groups in total. The lowest BCUT2D eigenvalue weighted by molar-refractivity contribution is -0.127. The van der Waals surface area contributed by atoms with E-state index in [4.69, 9.17) is 4.74 Å². The van der Waals surface area contributed by atoms with E-state index in [2.05, 4.69) is 9.71 Å². The van der Waals surface area contributed by atoms with E-state index in [0.29, 0.717) is 18.3 Å². The molecule has 0 aromatic carbocycles. The van der Waals surface area contributed by atoms with Crippen LogP contribution in [-0.4, -0.2) is 50.2 Å². The number of sulfonamides is 1. The molecule has 1 aliphatic rings. The summed E-state index contributed by atoms with van der Waals surface area (Å²) in [5.41, 5.74) is 0. The number of nitrogens with one attached hydrogen (secondary N) is 1. The second-order valence-electron chi connectivity index (χ2n) is 6.69. The van der Waals surface area contributed by atoms with Crippen LogP contribution in [0.3, 0.4) is 0 Å². The molecule has 1 unspecified atom stereocenters. The predicted molar refractivity (Wildman–Crippen MR) is 97.0 cm³/mol. The first kappa shape index (κ1) is 19.5. The van der Waals surface area contributed by atoms with Crippen molar-refractivity contribution in [3.05, 3.63) is 18.3 Å². The smallest absolute Gasteiger partial charge is 0.245 e. The Labute approximate surface area is 149 Å². The number of amides is 1. The number of carbonyl (C=O) groups excluding carboxylic acids is 1. The quantitative estimate of drug-likeness (QED) is 0.796. The zero-order valence-electron chi connectivity index (χ0n) is 15.1. The van der Waals surface area contributed by atoms with Crippen LogP contribution in [-0.2, 0) is 14.8 Å². The van der Waals surface area contributed by atoms with Crippen molar-refractivity contribution in [3.8, 4) is 5.75 Å². The van der Waals surface area contributed by atoms with Crippen LogP contribution in [0.1, 0.15) is 39.0 Å².